The average Bonchev–Trinajstić information content (AvgIpc) is 2.68. The van der Waals surface area contributed by atoms with E-state index in [0.29, 0.717) is 22.9 Å². The van der Waals surface area contributed by atoms with Crippen molar-refractivity contribution >= 4 is 34.3 Å². The number of fused-ring (bicyclic) bond motifs is 1. The Morgan fingerprint density at radius 2 is 1.50 bits per heavy atom. The van der Waals surface area contributed by atoms with Crippen molar-refractivity contribution in [1.29, 1.82) is 0 Å². The molecule has 28 heavy (non-hydrogen) atoms. The number of hydrogen-bond acceptors (Lipinski definition) is 7. The molecule has 0 saturated heterocycles. The van der Waals surface area contributed by atoms with E-state index < -0.39 is 0 Å². The van der Waals surface area contributed by atoms with E-state index in [-0.39, 0.29) is 0 Å². The van der Waals surface area contributed by atoms with Crippen LogP contribution in [0.1, 0.15) is 11.1 Å². The molecule has 0 saturated carbocycles. The highest BCUT2D eigenvalue weighted by atomic mass is 16.5. The molecule has 0 bridgehead atoms. The van der Waals surface area contributed by atoms with Gasteiger partial charge >= 0.3 is 0 Å². The molecule has 0 amide bonds. The lowest BCUT2D eigenvalue weighted by Gasteiger charge is -2.12. The van der Waals surface area contributed by atoms with E-state index >= 15 is 0 Å². The second-order valence-electron chi connectivity index (χ2n) is 6.48. The van der Waals surface area contributed by atoms with Crippen molar-refractivity contribution in [3.8, 4) is 5.75 Å². The molecule has 2 heterocycles. The number of aryl methyl sites for hydroxylation is 2. The second kappa shape index (κ2) is 7.48. The summed E-state index contributed by atoms with van der Waals surface area (Å²) in [5.74, 6) is 1.82. The minimum Gasteiger partial charge on any atom is -0.497 e. The maximum absolute atomic E-state index is 5.21. The van der Waals surface area contributed by atoms with E-state index in [1.54, 1.807) is 19.5 Å². The number of ether oxygens (including phenoxy) is 1. The average molecular weight is 372 g/mol. The number of hydrogen-bond donors (Lipinski definition) is 2. The number of aromatic nitrogens is 4. The Bertz CT molecular complexity index is 1110. The summed E-state index contributed by atoms with van der Waals surface area (Å²) < 4.78 is 5.21. The lowest BCUT2D eigenvalue weighted by atomic mass is 10.1. The molecule has 7 nitrogen and oxygen atoms in total. The monoisotopic (exact) mass is 372 g/mol. The van der Waals surface area contributed by atoms with Gasteiger partial charge in [-0.1, -0.05) is 6.07 Å². The number of nitrogens with one attached hydrogen (secondary N) is 2. The summed E-state index contributed by atoms with van der Waals surface area (Å²) in [5.41, 5.74) is 5.24. The van der Waals surface area contributed by atoms with Gasteiger partial charge in [-0.3, -0.25) is 0 Å². The molecule has 0 aliphatic heterocycles. The molecule has 0 aliphatic carbocycles. The third-order valence-corrected chi connectivity index (χ3v) is 4.16. The third kappa shape index (κ3) is 3.83. The molecule has 7 heteroatoms. The molecule has 0 aliphatic rings. The first kappa shape index (κ1) is 17.7. The molecular formula is C21H20N6O. The number of anilines is 4. The van der Waals surface area contributed by atoms with Gasteiger partial charge < -0.3 is 15.4 Å². The maximum atomic E-state index is 5.21. The van der Waals surface area contributed by atoms with Crippen molar-refractivity contribution in [3.63, 3.8) is 0 Å². The fourth-order valence-electron chi connectivity index (χ4n) is 2.99. The molecule has 4 rings (SSSR count). The molecule has 2 aromatic heterocycles. The number of methoxy groups -OCH3 is 1. The zero-order valence-electron chi connectivity index (χ0n) is 15.9. The summed E-state index contributed by atoms with van der Waals surface area (Å²) in [6.45, 7) is 4.11. The zero-order chi connectivity index (χ0) is 19.5. The van der Waals surface area contributed by atoms with Gasteiger partial charge in [0.05, 0.1) is 7.11 Å². The summed E-state index contributed by atoms with van der Waals surface area (Å²) in [7, 11) is 1.64. The van der Waals surface area contributed by atoms with E-state index in [4.69, 9.17) is 4.74 Å². The third-order valence-electron chi connectivity index (χ3n) is 4.16. The van der Waals surface area contributed by atoms with E-state index in [1.807, 2.05) is 36.4 Å². The van der Waals surface area contributed by atoms with Gasteiger partial charge in [0.2, 0.25) is 5.95 Å². The van der Waals surface area contributed by atoms with Crippen LogP contribution in [-0.4, -0.2) is 27.0 Å². The van der Waals surface area contributed by atoms with Crippen LogP contribution in [0.5, 0.6) is 5.75 Å². The predicted molar refractivity (Wildman–Crippen MR) is 111 cm³/mol. The summed E-state index contributed by atoms with van der Waals surface area (Å²) in [6.07, 6.45) is 3.25. The van der Waals surface area contributed by atoms with Crippen molar-refractivity contribution in [2.45, 2.75) is 13.8 Å². The first-order chi connectivity index (χ1) is 13.6. The molecule has 0 fully saturated rings. The fraction of sp³-hybridized carbons (Fsp3) is 0.143. The summed E-state index contributed by atoms with van der Waals surface area (Å²) in [6, 6.07) is 13.8. The number of rotatable bonds is 5. The smallest absolute Gasteiger partial charge is 0.231 e. The number of nitrogens with zero attached hydrogens (tertiary/aromatic N) is 4. The molecule has 4 aromatic rings. The fourth-order valence-corrected chi connectivity index (χ4v) is 2.99. The minimum atomic E-state index is 0.453. The van der Waals surface area contributed by atoms with Crippen LogP contribution >= 0.6 is 0 Å². The summed E-state index contributed by atoms with van der Waals surface area (Å²) >= 11 is 0. The lowest BCUT2D eigenvalue weighted by Crippen LogP contribution is -2.04. The topological polar surface area (TPSA) is 84.9 Å². The lowest BCUT2D eigenvalue weighted by molar-refractivity contribution is 0.415. The van der Waals surface area contributed by atoms with Crippen molar-refractivity contribution in [2.75, 3.05) is 17.7 Å². The second-order valence-corrected chi connectivity index (χ2v) is 6.48. The van der Waals surface area contributed by atoms with E-state index in [2.05, 4.69) is 50.5 Å². The number of benzene rings is 2. The Kier molecular flexibility index (Phi) is 4.72. The molecule has 140 valence electrons. The standard InChI is InChI=1S/C21H20N6O/c1-13-10-14(2)12-16(11-13)25-21-26-19-18(22-8-9-23-19)20(27-21)24-15-4-6-17(28-3)7-5-15/h4-12H,1-3H3,(H2,23,24,25,26,27). The van der Waals surface area contributed by atoms with E-state index in [9.17, 15) is 0 Å². The molecule has 0 radical (unpaired) electrons. The van der Waals surface area contributed by atoms with Crippen LogP contribution in [0.2, 0.25) is 0 Å². The Balaban J connectivity index is 1.72. The highest BCUT2D eigenvalue weighted by molar-refractivity contribution is 5.86. The maximum Gasteiger partial charge on any atom is 0.231 e. The highest BCUT2D eigenvalue weighted by Crippen LogP contribution is 2.25. The molecule has 0 unspecified atom stereocenters. The Hall–Kier alpha value is -3.74. The Labute approximate surface area is 162 Å². The van der Waals surface area contributed by atoms with Crippen LogP contribution in [0.3, 0.4) is 0 Å². The normalized spacial score (nSPS) is 10.7. The van der Waals surface area contributed by atoms with Crippen LogP contribution in [0, 0.1) is 13.8 Å². The molecular weight excluding hydrogens is 352 g/mol. The van der Waals surface area contributed by atoms with E-state index in [1.165, 1.54) is 11.1 Å². The van der Waals surface area contributed by atoms with Crippen LogP contribution in [0.15, 0.2) is 54.9 Å². The largest absolute Gasteiger partial charge is 0.497 e. The van der Waals surface area contributed by atoms with Crippen molar-refractivity contribution in [3.05, 3.63) is 66.0 Å². The summed E-state index contributed by atoms with van der Waals surface area (Å²) in [4.78, 5) is 17.8. The van der Waals surface area contributed by atoms with E-state index in [0.717, 1.165) is 17.1 Å². The molecule has 2 aromatic carbocycles. The zero-order valence-corrected chi connectivity index (χ0v) is 15.9. The molecule has 0 spiro atoms. The van der Waals surface area contributed by atoms with Crippen molar-refractivity contribution in [1.82, 2.24) is 19.9 Å². The van der Waals surface area contributed by atoms with Crippen LogP contribution in [0.4, 0.5) is 23.1 Å². The van der Waals surface area contributed by atoms with Gasteiger partial charge in [-0.15, -0.1) is 0 Å². The quantitative estimate of drug-likeness (QED) is 0.532. The van der Waals surface area contributed by atoms with Gasteiger partial charge in [-0.25, -0.2) is 9.97 Å². The van der Waals surface area contributed by atoms with Gasteiger partial charge in [-0.05, 0) is 61.4 Å². The molecule has 0 atom stereocenters. The Morgan fingerprint density at radius 1 is 0.786 bits per heavy atom. The first-order valence-electron chi connectivity index (χ1n) is 8.86. The van der Waals surface area contributed by atoms with Crippen molar-refractivity contribution < 1.29 is 4.74 Å². The van der Waals surface area contributed by atoms with Crippen LogP contribution < -0.4 is 15.4 Å². The predicted octanol–water partition coefficient (Wildman–Crippen LogP) is 4.53. The Morgan fingerprint density at radius 3 is 2.21 bits per heavy atom. The van der Waals surface area contributed by atoms with Crippen molar-refractivity contribution in [2.24, 2.45) is 0 Å². The minimum absolute atomic E-state index is 0.453. The first-order valence-corrected chi connectivity index (χ1v) is 8.86. The van der Waals surface area contributed by atoms with Crippen LogP contribution in [-0.2, 0) is 0 Å². The highest BCUT2D eigenvalue weighted by Gasteiger charge is 2.11. The van der Waals surface area contributed by atoms with Gasteiger partial charge in [0.1, 0.15) is 5.75 Å². The summed E-state index contributed by atoms with van der Waals surface area (Å²) in [5, 5.41) is 6.57. The van der Waals surface area contributed by atoms with Gasteiger partial charge in [0, 0.05) is 23.8 Å². The van der Waals surface area contributed by atoms with Gasteiger partial charge in [0.15, 0.2) is 17.0 Å². The SMILES string of the molecule is COc1ccc(Nc2nc(Nc3cc(C)cc(C)c3)nc3nccnc23)cc1. The van der Waals surface area contributed by atoms with Gasteiger partial charge in [0.25, 0.3) is 0 Å². The van der Waals surface area contributed by atoms with Gasteiger partial charge in [-0.2, -0.15) is 9.97 Å². The van der Waals surface area contributed by atoms with Crippen LogP contribution in [0.25, 0.3) is 11.2 Å². The molecule has 2 N–H and O–H groups in total.